The molecule has 0 atom stereocenters. The molecule has 82 heavy (non-hydrogen) atoms. The summed E-state index contributed by atoms with van der Waals surface area (Å²) in [6, 6.07) is 91.0. The molecule has 0 spiro atoms. The number of thiophene rings is 4. The Kier molecular flexibility index (Phi) is 11.6. The summed E-state index contributed by atoms with van der Waals surface area (Å²) in [5.74, 6) is 0. The monoisotopic (exact) mass is 1120 g/mol. The number of hydrogen-bond donors (Lipinski definition) is 0. The standard InChI is InChI=1S/C76H52N2S4/c1-45-17-13-23-57(61-27-15-25-59-53-19-5-11-31-69(53)81-75(59)61)73(45)77(51-35-39-71-63(43-51)55-21-7-9-29-67(55)79-71)65-37-33-49(41-47(65)3)50-34-38-66(48(4)42-50)78(52-36-40-72-64(44-52)56-22-8-10-30-68(56)80-72)74-46(2)18-14-24-58(74)62-28-16-26-60-54-20-6-12-32-70(54)82-76(60)62/h5-44H,1-4H3. The Morgan fingerprint density at radius 2 is 0.585 bits per heavy atom. The predicted molar refractivity (Wildman–Crippen MR) is 363 cm³/mol. The average molecular weight is 1120 g/mol. The Morgan fingerprint density at radius 1 is 0.244 bits per heavy atom. The van der Waals surface area contributed by atoms with Gasteiger partial charge in [-0.05, 0) is 146 Å². The van der Waals surface area contributed by atoms with Crippen molar-refractivity contribution in [3.63, 3.8) is 0 Å². The molecule has 390 valence electrons. The third-order valence-electron chi connectivity index (χ3n) is 16.8. The van der Waals surface area contributed by atoms with Gasteiger partial charge in [-0.2, -0.15) is 0 Å². The fourth-order valence-electron chi connectivity index (χ4n) is 12.9. The molecule has 0 aliphatic heterocycles. The van der Waals surface area contributed by atoms with E-state index >= 15 is 0 Å². The molecule has 4 heterocycles. The van der Waals surface area contributed by atoms with E-state index in [1.54, 1.807) is 0 Å². The zero-order valence-electron chi connectivity index (χ0n) is 45.6. The molecule has 6 heteroatoms. The molecule has 0 radical (unpaired) electrons. The smallest absolute Gasteiger partial charge is 0.0569 e. The van der Waals surface area contributed by atoms with E-state index < -0.39 is 0 Å². The van der Waals surface area contributed by atoms with Gasteiger partial charge in [-0.1, -0.05) is 158 Å². The van der Waals surface area contributed by atoms with Crippen LogP contribution in [0.3, 0.4) is 0 Å². The van der Waals surface area contributed by atoms with E-state index in [4.69, 9.17) is 0 Å². The van der Waals surface area contributed by atoms with Crippen LogP contribution in [0.1, 0.15) is 22.3 Å². The zero-order valence-corrected chi connectivity index (χ0v) is 48.9. The molecule has 0 N–H and O–H groups in total. The Hall–Kier alpha value is -8.88. The molecule has 16 aromatic rings. The summed E-state index contributed by atoms with van der Waals surface area (Å²) >= 11 is 7.52. The molecule has 16 rings (SSSR count). The Morgan fingerprint density at radius 3 is 1.00 bits per heavy atom. The van der Waals surface area contributed by atoms with Gasteiger partial charge in [0.2, 0.25) is 0 Å². The molecule has 4 aromatic heterocycles. The van der Waals surface area contributed by atoms with Crippen LogP contribution in [0, 0.1) is 27.7 Å². The SMILES string of the molecule is Cc1cc(-c2ccc(N(c3ccc4sc5ccccc5c4c3)c3c(C)cccc3-c3cccc4c3sc3ccccc34)c(C)c2)ccc1N(c1ccc2sc3ccccc3c2c1)c1c(C)cccc1-c1cccc2c1sc1ccccc12. The molecular weight excluding hydrogens is 1070 g/mol. The third-order valence-corrected chi connectivity index (χ3v) is 21.5. The topological polar surface area (TPSA) is 6.48 Å². The molecule has 2 nitrogen and oxygen atoms in total. The normalized spacial score (nSPS) is 11.9. The van der Waals surface area contributed by atoms with Crippen molar-refractivity contribution >= 4 is 160 Å². The van der Waals surface area contributed by atoms with Gasteiger partial charge in [0.05, 0.1) is 11.4 Å². The molecule has 0 saturated heterocycles. The largest absolute Gasteiger partial charge is 0.309 e. The van der Waals surface area contributed by atoms with Crippen LogP contribution >= 0.6 is 45.3 Å². The van der Waals surface area contributed by atoms with Crippen LogP contribution in [0.2, 0.25) is 0 Å². The summed E-state index contributed by atoms with van der Waals surface area (Å²) in [5.41, 5.74) is 19.1. The fraction of sp³-hybridized carbons (Fsp3) is 0.0526. The predicted octanol–water partition coefficient (Wildman–Crippen LogP) is 24.3. The molecule has 0 unspecified atom stereocenters. The average Bonchev–Trinajstić information content (AvgIpc) is 4.43. The maximum atomic E-state index is 2.54. The molecule has 0 bridgehead atoms. The van der Waals surface area contributed by atoms with Crippen molar-refractivity contribution in [2.24, 2.45) is 0 Å². The lowest BCUT2D eigenvalue weighted by atomic mass is 9.94. The van der Waals surface area contributed by atoms with Gasteiger partial charge in [0, 0.05) is 126 Å². The minimum absolute atomic E-state index is 1.14. The highest BCUT2D eigenvalue weighted by Gasteiger charge is 2.26. The highest BCUT2D eigenvalue weighted by Crippen LogP contribution is 2.52. The Balaban J connectivity index is 0.854. The van der Waals surface area contributed by atoms with E-state index in [0.717, 1.165) is 22.7 Å². The van der Waals surface area contributed by atoms with Crippen LogP contribution in [0.15, 0.2) is 243 Å². The summed E-state index contributed by atoms with van der Waals surface area (Å²) in [7, 11) is 0. The highest BCUT2D eigenvalue weighted by molar-refractivity contribution is 7.27. The molecule has 12 aromatic carbocycles. The maximum Gasteiger partial charge on any atom is 0.0569 e. The second-order valence-electron chi connectivity index (χ2n) is 21.7. The second kappa shape index (κ2) is 19.4. The van der Waals surface area contributed by atoms with Gasteiger partial charge in [-0.3, -0.25) is 0 Å². The third kappa shape index (κ3) is 7.85. The molecule has 0 aliphatic carbocycles. The van der Waals surface area contributed by atoms with Crippen molar-refractivity contribution in [2.45, 2.75) is 27.7 Å². The number of para-hydroxylation sites is 2. The fourth-order valence-corrected chi connectivity index (χ4v) is 17.6. The molecule has 0 amide bonds. The summed E-state index contributed by atoms with van der Waals surface area (Å²) in [5, 5.41) is 10.4. The summed E-state index contributed by atoms with van der Waals surface area (Å²) in [6.45, 7) is 9.13. The van der Waals surface area contributed by atoms with Crippen molar-refractivity contribution in [1.82, 2.24) is 0 Å². The minimum atomic E-state index is 1.14. The zero-order chi connectivity index (χ0) is 54.7. The van der Waals surface area contributed by atoms with E-state index in [1.807, 2.05) is 45.3 Å². The number of fused-ring (bicyclic) bond motifs is 12. The van der Waals surface area contributed by atoms with Crippen molar-refractivity contribution in [3.05, 3.63) is 265 Å². The summed E-state index contributed by atoms with van der Waals surface area (Å²) < 4.78 is 10.4. The highest BCUT2D eigenvalue weighted by atomic mass is 32.1. The number of nitrogens with zero attached hydrogens (tertiary/aromatic N) is 2. The van der Waals surface area contributed by atoms with Crippen LogP contribution in [0.25, 0.3) is 114 Å². The van der Waals surface area contributed by atoms with Crippen LogP contribution in [-0.2, 0) is 0 Å². The van der Waals surface area contributed by atoms with Gasteiger partial charge in [-0.15, -0.1) is 45.3 Å². The quantitative estimate of drug-likeness (QED) is 0.142. The van der Waals surface area contributed by atoms with Crippen LogP contribution in [-0.4, -0.2) is 0 Å². The maximum absolute atomic E-state index is 2.54. The van der Waals surface area contributed by atoms with E-state index in [1.165, 1.54) is 148 Å². The van der Waals surface area contributed by atoms with Gasteiger partial charge < -0.3 is 9.80 Å². The molecule has 0 fully saturated rings. The first-order chi connectivity index (χ1) is 40.3. The first-order valence-electron chi connectivity index (χ1n) is 28.0. The number of rotatable bonds is 9. The van der Waals surface area contributed by atoms with Crippen LogP contribution in [0.5, 0.6) is 0 Å². The first-order valence-corrected chi connectivity index (χ1v) is 31.2. The van der Waals surface area contributed by atoms with Crippen LogP contribution in [0.4, 0.5) is 34.1 Å². The van der Waals surface area contributed by atoms with Gasteiger partial charge in [0.15, 0.2) is 0 Å². The van der Waals surface area contributed by atoms with Gasteiger partial charge in [-0.25, -0.2) is 0 Å². The summed E-state index contributed by atoms with van der Waals surface area (Å²) in [6.07, 6.45) is 0. The summed E-state index contributed by atoms with van der Waals surface area (Å²) in [4.78, 5) is 5.08. The van der Waals surface area contributed by atoms with Gasteiger partial charge in [0.25, 0.3) is 0 Å². The molecule has 0 aliphatic rings. The van der Waals surface area contributed by atoms with E-state index in [9.17, 15) is 0 Å². The number of benzene rings is 12. The Bertz CT molecular complexity index is 4930. The van der Waals surface area contributed by atoms with Crippen molar-refractivity contribution in [1.29, 1.82) is 0 Å². The number of hydrogen-bond acceptors (Lipinski definition) is 6. The van der Waals surface area contributed by atoms with E-state index in [-0.39, 0.29) is 0 Å². The van der Waals surface area contributed by atoms with Gasteiger partial charge in [0.1, 0.15) is 0 Å². The van der Waals surface area contributed by atoms with Crippen molar-refractivity contribution < 1.29 is 0 Å². The van der Waals surface area contributed by atoms with Gasteiger partial charge >= 0.3 is 0 Å². The lowest BCUT2D eigenvalue weighted by Crippen LogP contribution is -2.14. The van der Waals surface area contributed by atoms with Crippen molar-refractivity contribution in [3.8, 4) is 33.4 Å². The lowest BCUT2D eigenvalue weighted by Gasteiger charge is -2.32. The molecule has 0 saturated carbocycles. The number of aryl methyl sites for hydroxylation is 4. The van der Waals surface area contributed by atoms with Crippen LogP contribution < -0.4 is 9.80 Å². The Labute approximate surface area is 492 Å². The van der Waals surface area contributed by atoms with Crippen molar-refractivity contribution in [2.75, 3.05) is 9.80 Å². The molecular formula is C76H52N2S4. The number of anilines is 6. The minimum Gasteiger partial charge on any atom is -0.309 e. The first kappa shape index (κ1) is 49.0. The second-order valence-corrected chi connectivity index (χ2v) is 26.0. The van der Waals surface area contributed by atoms with E-state index in [0.29, 0.717) is 0 Å². The van der Waals surface area contributed by atoms with E-state index in [2.05, 4.69) is 280 Å². The lowest BCUT2D eigenvalue weighted by molar-refractivity contribution is 1.23.